The zero-order valence-electron chi connectivity index (χ0n) is 16.7. The molecule has 3 aromatic rings. The molecule has 1 fully saturated rings. The van der Waals surface area contributed by atoms with Gasteiger partial charge in [-0.2, -0.15) is 5.10 Å². The Hall–Kier alpha value is -1.60. The Morgan fingerprint density at radius 1 is 1.18 bits per heavy atom. The van der Waals surface area contributed by atoms with Crippen LogP contribution in [0.1, 0.15) is 74.7 Å². The summed E-state index contributed by atoms with van der Waals surface area (Å²) in [5.41, 5.74) is 2.16. The molecule has 5 nitrogen and oxygen atoms in total. The smallest absolute Gasteiger partial charge is 0.151 e. The SMILES string of the molecule is CC(C)(C)Cc1nc(Cc2csc(C3CCCC3)n2)n(-c2ccc(Br)nc2)n1. The topological polar surface area (TPSA) is 56.5 Å². The molecule has 1 aliphatic carbocycles. The van der Waals surface area contributed by atoms with Gasteiger partial charge in [0.1, 0.15) is 10.4 Å². The van der Waals surface area contributed by atoms with E-state index in [0.717, 1.165) is 34.1 Å². The van der Waals surface area contributed by atoms with Crippen LogP contribution < -0.4 is 0 Å². The summed E-state index contributed by atoms with van der Waals surface area (Å²) in [6, 6.07) is 3.95. The summed E-state index contributed by atoms with van der Waals surface area (Å²) < 4.78 is 2.74. The Labute approximate surface area is 178 Å². The zero-order chi connectivity index (χ0) is 19.7. The molecule has 4 rings (SSSR count). The highest BCUT2D eigenvalue weighted by Crippen LogP contribution is 2.35. The van der Waals surface area contributed by atoms with Crippen LogP contribution >= 0.6 is 27.3 Å². The van der Waals surface area contributed by atoms with E-state index >= 15 is 0 Å². The Morgan fingerprint density at radius 2 is 1.96 bits per heavy atom. The van der Waals surface area contributed by atoms with E-state index in [2.05, 4.69) is 47.1 Å². The second-order valence-electron chi connectivity index (χ2n) is 8.77. The molecule has 3 heterocycles. The van der Waals surface area contributed by atoms with Crippen molar-refractivity contribution < 1.29 is 0 Å². The number of rotatable bonds is 5. The van der Waals surface area contributed by atoms with Crippen LogP contribution in [-0.2, 0) is 12.8 Å². The first-order valence-electron chi connectivity index (χ1n) is 9.88. The van der Waals surface area contributed by atoms with Gasteiger partial charge in [-0.3, -0.25) is 0 Å². The molecule has 28 heavy (non-hydrogen) atoms. The largest absolute Gasteiger partial charge is 0.247 e. The highest BCUT2D eigenvalue weighted by atomic mass is 79.9. The third-order valence-corrected chi connectivity index (χ3v) is 6.50. The molecule has 3 aromatic heterocycles. The van der Waals surface area contributed by atoms with Crippen LogP contribution in [0.15, 0.2) is 28.3 Å². The lowest BCUT2D eigenvalue weighted by atomic mass is 9.92. The van der Waals surface area contributed by atoms with Gasteiger partial charge in [-0.1, -0.05) is 33.6 Å². The first-order valence-corrected chi connectivity index (χ1v) is 11.6. The molecule has 0 saturated heterocycles. The number of hydrogen-bond donors (Lipinski definition) is 0. The van der Waals surface area contributed by atoms with Gasteiger partial charge in [-0.25, -0.2) is 19.6 Å². The fraction of sp³-hybridized carbons (Fsp3) is 0.524. The fourth-order valence-electron chi connectivity index (χ4n) is 3.68. The molecular weight excluding hydrogens is 434 g/mol. The van der Waals surface area contributed by atoms with Gasteiger partial charge < -0.3 is 0 Å². The predicted molar refractivity (Wildman–Crippen MR) is 116 cm³/mol. The Kier molecular flexibility index (Phi) is 5.65. The van der Waals surface area contributed by atoms with E-state index in [1.807, 2.05) is 23.0 Å². The van der Waals surface area contributed by atoms with Crippen LogP contribution in [0.3, 0.4) is 0 Å². The monoisotopic (exact) mass is 459 g/mol. The van der Waals surface area contributed by atoms with Crippen LogP contribution in [0.2, 0.25) is 0 Å². The Balaban J connectivity index is 1.63. The Morgan fingerprint density at radius 3 is 2.64 bits per heavy atom. The van der Waals surface area contributed by atoms with Crippen LogP contribution in [0.25, 0.3) is 5.69 Å². The number of hydrogen-bond acceptors (Lipinski definition) is 5. The zero-order valence-corrected chi connectivity index (χ0v) is 19.1. The summed E-state index contributed by atoms with van der Waals surface area (Å²) in [5.74, 6) is 2.45. The van der Waals surface area contributed by atoms with Gasteiger partial charge in [-0.15, -0.1) is 11.3 Å². The van der Waals surface area contributed by atoms with Crippen molar-refractivity contribution in [1.29, 1.82) is 0 Å². The number of halogens is 1. The summed E-state index contributed by atoms with van der Waals surface area (Å²) >= 11 is 5.20. The van der Waals surface area contributed by atoms with E-state index in [4.69, 9.17) is 15.1 Å². The third kappa shape index (κ3) is 4.69. The van der Waals surface area contributed by atoms with Crippen molar-refractivity contribution in [3.63, 3.8) is 0 Å². The molecular formula is C21H26BrN5S. The summed E-state index contributed by atoms with van der Waals surface area (Å²) in [4.78, 5) is 14.2. The van der Waals surface area contributed by atoms with Crippen molar-refractivity contribution in [2.75, 3.05) is 0 Å². The first kappa shape index (κ1) is 19.7. The number of pyridine rings is 1. The van der Waals surface area contributed by atoms with Crippen molar-refractivity contribution >= 4 is 27.3 Å². The van der Waals surface area contributed by atoms with Gasteiger partial charge in [-0.05, 0) is 46.3 Å². The molecule has 7 heteroatoms. The molecule has 0 aliphatic heterocycles. The van der Waals surface area contributed by atoms with Crippen LogP contribution in [0.5, 0.6) is 0 Å². The molecule has 0 radical (unpaired) electrons. The van der Waals surface area contributed by atoms with Crippen molar-refractivity contribution in [3.8, 4) is 5.69 Å². The molecule has 0 aromatic carbocycles. The molecule has 0 N–H and O–H groups in total. The lowest BCUT2D eigenvalue weighted by Gasteiger charge is -2.14. The summed E-state index contributed by atoms with van der Waals surface area (Å²) in [6.45, 7) is 6.63. The molecule has 0 atom stereocenters. The minimum Gasteiger partial charge on any atom is -0.247 e. The lowest BCUT2D eigenvalue weighted by molar-refractivity contribution is 0.400. The highest BCUT2D eigenvalue weighted by Gasteiger charge is 2.22. The maximum atomic E-state index is 4.93. The van der Waals surface area contributed by atoms with Crippen LogP contribution in [-0.4, -0.2) is 24.7 Å². The van der Waals surface area contributed by atoms with Crippen molar-refractivity contribution in [2.24, 2.45) is 5.41 Å². The third-order valence-electron chi connectivity index (χ3n) is 4.98. The maximum Gasteiger partial charge on any atom is 0.151 e. The highest BCUT2D eigenvalue weighted by molar-refractivity contribution is 9.10. The maximum absolute atomic E-state index is 4.93. The summed E-state index contributed by atoms with van der Waals surface area (Å²) in [5, 5.41) is 8.28. The van der Waals surface area contributed by atoms with E-state index in [1.54, 1.807) is 11.3 Å². The first-order chi connectivity index (χ1) is 13.4. The molecule has 0 unspecified atom stereocenters. The second-order valence-corrected chi connectivity index (χ2v) is 10.5. The van der Waals surface area contributed by atoms with Crippen molar-refractivity contribution in [1.82, 2.24) is 24.7 Å². The number of nitrogens with zero attached hydrogens (tertiary/aromatic N) is 5. The quantitative estimate of drug-likeness (QED) is 0.457. The van der Waals surface area contributed by atoms with Gasteiger partial charge in [0.05, 0.1) is 29.0 Å². The molecule has 148 valence electrons. The van der Waals surface area contributed by atoms with Crippen LogP contribution in [0.4, 0.5) is 0 Å². The summed E-state index contributed by atoms with van der Waals surface area (Å²) in [7, 11) is 0. The normalized spacial score (nSPS) is 15.4. The molecule has 1 saturated carbocycles. The molecule has 0 spiro atoms. The van der Waals surface area contributed by atoms with Crippen LogP contribution in [0, 0.1) is 5.41 Å². The van der Waals surface area contributed by atoms with Gasteiger partial charge in [0.2, 0.25) is 0 Å². The van der Waals surface area contributed by atoms with Crippen molar-refractivity contribution in [3.05, 3.63) is 50.7 Å². The number of thiazole rings is 1. The van der Waals surface area contributed by atoms with Crippen molar-refractivity contribution in [2.45, 2.75) is 65.2 Å². The van der Waals surface area contributed by atoms with Gasteiger partial charge in [0.15, 0.2) is 5.82 Å². The van der Waals surface area contributed by atoms with Gasteiger partial charge in [0, 0.05) is 17.7 Å². The van der Waals surface area contributed by atoms with E-state index in [-0.39, 0.29) is 5.41 Å². The average Bonchev–Trinajstić information content (AvgIpc) is 3.35. The van der Waals surface area contributed by atoms with E-state index < -0.39 is 0 Å². The average molecular weight is 460 g/mol. The van der Waals surface area contributed by atoms with Gasteiger partial charge in [0.25, 0.3) is 0 Å². The molecule has 0 bridgehead atoms. The van der Waals surface area contributed by atoms with Gasteiger partial charge >= 0.3 is 0 Å². The van der Waals surface area contributed by atoms with E-state index in [9.17, 15) is 0 Å². The standard InChI is InChI=1S/C21H26BrN5S/c1-21(2,3)11-18-25-19(27(26-18)16-8-9-17(22)23-12-16)10-15-13-28-20(24-15)14-6-4-5-7-14/h8-9,12-14H,4-7,10-11H2,1-3H3. The number of aromatic nitrogens is 5. The molecule has 1 aliphatic rings. The van der Waals surface area contributed by atoms with E-state index in [0.29, 0.717) is 12.3 Å². The minimum atomic E-state index is 0.137. The fourth-order valence-corrected chi connectivity index (χ4v) is 4.91. The second kappa shape index (κ2) is 8.03. The lowest BCUT2D eigenvalue weighted by Crippen LogP contribution is -2.10. The molecule has 0 amide bonds. The van der Waals surface area contributed by atoms with E-state index in [1.165, 1.54) is 30.7 Å². The Bertz CT molecular complexity index is 933. The predicted octanol–water partition coefficient (Wildman–Crippen LogP) is 5.72. The summed E-state index contributed by atoms with van der Waals surface area (Å²) in [6.07, 6.45) is 8.58. The minimum absolute atomic E-state index is 0.137.